The fourth-order valence-corrected chi connectivity index (χ4v) is 3.53. The molecule has 3 aromatic carbocycles. The van der Waals surface area contributed by atoms with Gasteiger partial charge in [-0.15, -0.1) is 0 Å². The van der Waals surface area contributed by atoms with Crippen LogP contribution in [0.4, 0.5) is 4.39 Å². The fraction of sp³-hybridized carbons (Fsp3) is 0.120. The van der Waals surface area contributed by atoms with Gasteiger partial charge in [-0.2, -0.15) is 10.4 Å². The van der Waals surface area contributed by atoms with Crippen molar-refractivity contribution in [3.63, 3.8) is 0 Å². The topological polar surface area (TPSA) is 121 Å². The maximum atomic E-state index is 14.0. The lowest BCUT2D eigenvalue weighted by atomic mass is 10.1. The Kier molecular flexibility index (Phi) is 8.53. The quantitative estimate of drug-likeness (QED) is 0.294. The third-order valence-corrected chi connectivity index (χ3v) is 5.23. The number of hydrogen-bond acceptors (Lipinski definition) is 6. The van der Waals surface area contributed by atoms with E-state index in [1.807, 2.05) is 6.92 Å². The Labute approximate surface area is 208 Å². The highest BCUT2D eigenvalue weighted by atomic mass is 79.9. The van der Waals surface area contributed by atoms with Gasteiger partial charge in [0.1, 0.15) is 12.4 Å². The van der Waals surface area contributed by atoms with Crippen LogP contribution in [0.3, 0.4) is 0 Å². The zero-order valence-corrected chi connectivity index (χ0v) is 20.0. The lowest BCUT2D eigenvalue weighted by molar-refractivity contribution is 0.0696. The predicted molar refractivity (Wildman–Crippen MR) is 129 cm³/mol. The summed E-state index contributed by atoms with van der Waals surface area (Å²) in [5.41, 5.74) is 3.64. The predicted octanol–water partition coefficient (Wildman–Crippen LogP) is 4.90. The molecule has 2 N–H and O–H groups in total. The van der Waals surface area contributed by atoms with E-state index in [1.165, 1.54) is 30.5 Å². The van der Waals surface area contributed by atoms with E-state index < -0.39 is 17.7 Å². The number of halogens is 2. The highest BCUT2D eigenvalue weighted by molar-refractivity contribution is 9.10. The van der Waals surface area contributed by atoms with Gasteiger partial charge in [-0.1, -0.05) is 12.1 Å². The van der Waals surface area contributed by atoms with Crippen molar-refractivity contribution in [2.75, 3.05) is 6.61 Å². The smallest absolute Gasteiger partial charge is 0.335 e. The Morgan fingerprint density at radius 3 is 2.54 bits per heavy atom. The average Bonchev–Trinajstić information content (AvgIpc) is 2.83. The van der Waals surface area contributed by atoms with Crippen LogP contribution in [0, 0.1) is 17.1 Å². The monoisotopic (exact) mass is 539 g/mol. The van der Waals surface area contributed by atoms with Gasteiger partial charge < -0.3 is 14.6 Å². The molecule has 3 aromatic rings. The molecular weight excluding hydrogens is 521 g/mol. The summed E-state index contributed by atoms with van der Waals surface area (Å²) >= 11 is 3.45. The van der Waals surface area contributed by atoms with Gasteiger partial charge in [-0.3, -0.25) is 4.79 Å². The molecule has 1 amide bonds. The molecule has 0 unspecified atom stereocenters. The summed E-state index contributed by atoms with van der Waals surface area (Å²) in [6.07, 6.45) is 1.36. The SMILES string of the molecule is CCOc1cc(/C=N\NC(=O)c2ccc(C#N)cc2F)cc(Br)c1OCc1ccc(C(=O)O)cc1. The van der Waals surface area contributed by atoms with E-state index in [4.69, 9.17) is 19.8 Å². The summed E-state index contributed by atoms with van der Waals surface area (Å²) in [5, 5.41) is 21.7. The number of carbonyl (C=O) groups excluding carboxylic acids is 1. The van der Waals surface area contributed by atoms with Gasteiger partial charge in [-0.05, 0) is 76.4 Å². The van der Waals surface area contributed by atoms with Crippen molar-refractivity contribution in [1.82, 2.24) is 5.43 Å². The largest absolute Gasteiger partial charge is 0.490 e. The minimum Gasteiger partial charge on any atom is -0.490 e. The van der Waals surface area contributed by atoms with Crippen LogP contribution in [0.2, 0.25) is 0 Å². The molecule has 0 aliphatic rings. The van der Waals surface area contributed by atoms with Crippen LogP contribution in [0.5, 0.6) is 11.5 Å². The summed E-state index contributed by atoms with van der Waals surface area (Å²) in [6, 6.07) is 15.0. The molecule has 0 aliphatic carbocycles. The van der Waals surface area contributed by atoms with Crippen LogP contribution in [0.1, 0.15) is 44.3 Å². The second kappa shape index (κ2) is 11.8. The summed E-state index contributed by atoms with van der Waals surface area (Å²) in [6.45, 7) is 2.36. The molecule has 0 radical (unpaired) electrons. The molecule has 0 saturated heterocycles. The molecule has 0 spiro atoms. The molecule has 35 heavy (non-hydrogen) atoms. The number of nitrogens with zero attached hydrogens (tertiary/aromatic N) is 2. The Morgan fingerprint density at radius 1 is 1.17 bits per heavy atom. The summed E-state index contributed by atoms with van der Waals surface area (Å²) < 4.78 is 26.1. The number of rotatable bonds is 9. The first-order valence-corrected chi connectivity index (χ1v) is 11.1. The van der Waals surface area contributed by atoms with Crippen LogP contribution >= 0.6 is 15.9 Å². The number of hydrazone groups is 1. The number of carbonyl (C=O) groups is 2. The number of nitriles is 1. The number of aromatic carboxylic acids is 1. The van der Waals surface area contributed by atoms with Crippen LogP contribution < -0.4 is 14.9 Å². The van der Waals surface area contributed by atoms with Crippen molar-refractivity contribution >= 4 is 34.0 Å². The van der Waals surface area contributed by atoms with Gasteiger partial charge in [0.2, 0.25) is 0 Å². The Hall–Kier alpha value is -4.23. The molecule has 0 atom stereocenters. The van der Waals surface area contributed by atoms with Gasteiger partial charge >= 0.3 is 5.97 Å². The van der Waals surface area contributed by atoms with Crippen molar-refractivity contribution in [2.45, 2.75) is 13.5 Å². The number of benzene rings is 3. The van der Waals surface area contributed by atoms with Gasteiger partial charge in [0.15, 0.2) is 11.5 Å². The van der Waals surface area contributed by atoms with E-state index >= 15 is 0 Å². The van der Waals surface area contributed by atoms with E-state index in [2.05, 4.69) is 26.5 Å². The number of nitrogens with one attached hydrogen (secondary N) is 1. The van der Waals surface area contributed by atoms with Crippen LogP contribution in [-0.4, -0.2) is 29.8 Å². The Bertz CT molecular complexity index is 1320. The Balaban J connectivity index is 1.72. The molecular formula is C25H19BrFN3O5. The van der Waals surface area contributed by atoms with Gasteiger partial charge in [0, 0.05) is 0 Å². The fourth-order valence-electron chi connectivity index (χ4n) is 2.96. The first-order valence-electron chi connectivity index (χ1n) is 10.3. The maximum Gasteiger partial charge on any atom is 0.335 e. The average molecular weight is 540 g/mol. The summed E-state index contributed by atoms with van der Waals surface area (Å²) in [7, 11) is 0. The zero-order chi connectivity index (χ0) is 25.4. The molecule has 0 aromatic heterocycles. The third kappa shape index (κ3) is 6.65. The number of amides is 1. The number of ether oxygens (including phenoxy) is 2. The van der Waals surface area contributed by atoms with Crippen LogP contribution in [0.25, 0.3) is 0 Å². The Morgan fingerprint density at radius 2 is 1.91 bits per heavy atom. The highest BCUT2D eigenvalue weighted by Crippen LogP contribution is 2.37. The maximum absolute atomic E-state index is 14.0. The first kappa shape index (κ1) is 25.4. The van der Waals surface area contributed by atoms with Crippen LogP contribution in [0.15, 0.2) is 64.2 Å². The van der Waals surface area contributed by atoms with E-state index in [0.29, 0.717) is 28.1 Å². The van der Waals surface area contributed by atoms with E-state index in [-0.39, 0.29) is 23.3 Å². The number of hydrogen-bond donors (Lipinski definition) is 2. The number of carboxylic acid groups (broad SMARTS) is 1. The number of carboxylic acids is 1. The molecule has 0 heterocycles. The molecule has 178 valence electrons. The highest BCUT2D eigenvalue weighted by Gasteiger charge is 2.14. The molecule has 0 aliphatic heterocycles. The minimum atomic E-state index is -1.01. The molecule has 0 bridgehead atoms. The van der Waals surface area contributed by atoms with E-state index in [1.54, 1.807) is 30.3 Å². The molecule has 3 rings (SSSR count). The van der Waals surface area contributed by atoms with E-state index in [0.717, 1.165) is 11.6 Å². The van der Waals surface area contributed by atoms with Crippen molar-refractivity contribution in [2.24, 2.45) is 5.10 Å². The molecule has 10 heteroatoms. The summed E-state index contributed by atoms with van der Waals surface area (Å²) in [5.74, 6) is -1.72. The summed E-state index contributed by atoms with van der Waals surface area (Å²) in [4.78, 5) is 23.2. The third-order valence-electron chi connectivity index (χ3n) is 4.64. The van der Waals surface area contributed by atoms with Crippen molar-refractivity contribution in [3.05, 3.63) is 92.7 Å². The van der Waals surface area contributed by atoms with Crippen LogP contribution in [-0.2, 0) is 6.61 Å². The second-order valence-electron chi connectivity index (χ2n) is 7.06. The molecule has 0 saturated carbocycles. The zero-order valence-electron chi connectivity index (χ0n) is 18.4. The standard InChI is InChI=1S/C25H19BrFN3O5/c1-2-34-22-11-17(13-29-30-24(31)19-8-5-16(12-28)10-21(19)27)9-20(26)23(22)35-14-15-3-6-18(7-4-15)25(32)33/h3-11,13H,2,14H2,1H3,(H,30,31)(H,32,33)/b29-13-. The van der Waals surface area contributed by atoms with E-state index in [9.17, 15) is 14.0 Å². The second-order valence-corrected chi connectivity index (χ2v) is 7.91. The van der Waals surface area contributed by atoms with Crippen molar-refractivity contribution in [1.29, 1.82) is 5.26 Å². The van der Waals surface area contributed by atoms with Crippen molar-refractivity contribution in [3.8, 4) is 17.6 Å². The van der Waals surface area contributed by atoms with Gasteiger partial charge in [-0.25, -0.2) is 14.6 Å². The molecule has 0 fully saturated rings. The first-order chi connectivity index (χ1) is 16.8. The van der Waals surface area contributed by atoms with Gasteiger partial charge in [0.25, 0.3) is 5.91 Å². The molecule has 8 nitrogen and oxygen atoms in total. The lowest BCUT2D eigenvalue weighted by Gasteiger charge is -2.15. The minimum absolute atomic E-state index is 0.107. The van der Waals surface area contributed by atoms with Gasteiger partial charge in [0.05, 0.1) is 40.1 Å². The lowest BCUT2D eigenvalue weighted by Crippen LogP contribution is -2.19. The van der Waals surface area contributed by atoms with Crippen molar-refractivity contribution < 1.29 is 28.6 Å². The normalized spacial score (nSPS) is 10.6.